The summed E-state index contributed by atoms with van der Waals surface area (Å²) in [5.74, 6) is 0. The fourth-order valence-corrected chi connectivity index (χ4v) is 1.21. The summed E-state index contributed by atoms with van der Waals surface area (Å²) in [5, 5.41) is 17.7. The Morgan fingerprint density at radius 1 is 1.90 bits per heavy atom. The molecule has 1 aromatic heterocycles. The van der Waals surface area contributed by atoms with Crippen LogP contribution in [0.3, 0.4) is 0 Å². The molecular formula is C6H5N3S. The summed E-state index contributed by atoms with van der Waals surface area (Å²) in [7, 11) is 0. The number of hydrogen-bond acceptors (Lipinski definition) is 4. The molecule has 0 aromatic carbocycles. The lowest BCUT2D eigenvalue weighted by atomic mass is 10.4. The minimum atomic E-state index is -0.0573. The molecule has 0 aliphatic rings. The van der Waals surface area contributed by atoms with Crippen molar-refractivity contribution in [2.45, 2.75) is 6.92 Å². The largest absolute Gasteiger partial charge is 0.288 e. The number of thiazole rings is 1. The van der Waals surface area contributed by atoms with Crippen molar-refractivity contribution in [2.75, 3.05) is 0 Å². The molecule has 0 saturated heterocycles. The molecule has 1 rings (SSSR count). The molecule has 0 unspecified atom stereocenters. The van der Waals surface area contributed by atoms with Crippen LogP contribution in [0.4, 0.5) is 0 Å². The van der Waals surface area contributed by atoms with E-state index in [-0.39, 0.29) is 5.71 Å². The summed E-state index contributed by atoms with van der Waals surface area (Å²) in [6, 6.07) is 1.73. The Labute approximate surface area is 62.5 Å². The van der Waals surface area contributed by atoms with Crippen molar-refractivity contribution in [2.24, 2.45) is 0 Å². The Morgan fingerprint density at radius 3 is 3.00 bits per heavy atom. The first kappa shape index (κ1) is 6.90. The predicted octanol–water partition coefficient (Wildman–Crippen LogP) is 1.34. The monoisotopic (exact) mass is 151 g/mol. The van der Waals surface area contributed by atoms with Crippen LogP contribution in [0.1, 0.15) is 10.7 Å². The van der Waals surface area contributed by atoms with Crippen LogP contribution in [0.2, 0.25) is 0 Å². The second kappa shape index (κ2) is 2.58. The van der Waals surface area contributed by atoms with Crippen molar-refractivity contribution in [3.63, 3.8) is 0 Å². The van der Waals surface area contributed by atoms with Gasteiger partial charge in [0.05, 0.1) is 0 Å². The molecule has 1 N–H and O–H groups in total. The molecule has 3 nitrogen and oxygen atoms in total. The number of rotatable bonds is 1. The van der Waals surface area contributed by atoms with E-state index >= 15 is 0 Å². The van der Waals surface area contributed by atoms with Crippen LogP contribution in [0.5, 0.6) is 0 Å². The number of aryl methyl sites for hydroxylation is 1. The van der Waals surface area contributed by atoms with Gasteiger partial charge in [0, 0.05) is 11.1 Å². The molecule has 1 aromatic rings. The van der Waals surface area contributed by atoms with Crippen LogP contribution in [0, 0.1) is 23.7 Å². The summed E-state index contributed by atoms with van der Waals surface area (Å²) < 4.78 is 0. The zero-order valence-corrected chi connectivity index (χ0v) is 6.20. The molecule has 1 heterocycles. The van der Waals surface area contributed by atoms with Gasteiger partial charge in [0.1, 0.15) is 6.07 Å². The van der Waals surface area contributed by atoms with E-state index in [1.807, 2.05) is 12.3 Å². The van der Waals surface area contributed by atoms with Crippen molar-refractivity contribution in [1.29, 1.82) is 10.7 Å². The number of nitrogens with zero attached hydrogens (tertiary/aromatic N) is 2. The maximum absolute atomic E-state index is 8.29. The quantitative estimate of drug-likeness (QED) is 0.616. The average Bonchev–Trinajstić information content (AvgIpc) is 2.34. The molecule has 0 aliphatic heterocycles. The summed E-state index contributed by atoms with van der Waals surface area (Å²) >= 11 is 1.32. The summed E-state index contributed by atoms with van der Waals surface area (Å²) in [6.45, 7) is 1.84. The molecule has 0 radical (unpaired) electrons. The minimum Gasteiger partial charge on any atom is -0.288 e. The summed E-state index contributed by atoms with van der Waals surface area (Å²) in [6.07, 6.45) is 0. The third kappa shape index (κ3) is 1.20. The van der Waals surface area contributed by atoms with E-state index in [1.165, 1.54) is 11.3 Å². The maximum Gasteiger partial charge on any atom is 0.168 e. The highest BCUT2D eigenvalue weighted by Gasteiger charge is 2.02. The standard InChI is InChI=1S/C6H5N3S/c1-4-3-10-6(9-4)5(8)2-7/h3,8H,1H3. The van der Waals surface area contributed by atoms with Gasteiger partial charge in [0.15, 0.2) is 10.7 Å². The first-order chi connectivity index (χ1) is 4.74. The molecule has 0 fully saturated rings. The van der Waals surface area contributed by atoms with Crippen LogP contribution in [0.25, 0.3) is 0 Å². The van der Waals surface area contributed by atoms with E-state index in [0.29, 0.717) is 5.01 Å². The molecule has 0 saturated carbocycles. The molecule has 50 valence electrons. The molecule has 0 amide bonds. The normalized spacial score (nSPS) is 8.80. The molecular weight excluding hydrogens is 146 g/mol. The van der Waals surface area contributed by atoms with Crippen molar-refractivity contribution in [3.8, 4) is 6.07 Å². The lowest BCUT2D eigenvalue weighted by Gasteiger charge is -1.81. The minimum absolute atomic E-state index is 0.0573. The highest BCUT2D eigenvalue weighted by Crippen LogP contribution is 2.08. The molecule has 0 bridgehead atoms. The van der Waals surface area contributed by atoms with Crippen molar-refractivity contribution >= 4 is 17.0 Å². The third-order valence-corrected chi connectivity index (χ3v) is 1.92. The highest BCUT2D eigenvalue weighted by atomic mass is 32.1. The van der Waals surface area contributed by atoms with Gasteiger partial charge < -0.3 is 0 Å². The zero-order chi connectivity index (χ0) is 7.56. The van der Waals surface area contributed by atoms with Gasteiger partial charge in [-0.2, -0.15) is 5.26 Å². The van der Waals surface area contributed by atoms with Crippen LogP contribution in [-0.4, -0.2) is 10.7 Å². The number of aromatic nitrogens is 1. The lowest BCUT2D eigenvalue weighted by Crippen LogP contribution is -1.92. The topological polar surface area (TPSA) is 60.5 Å². The number of nitrogens with one attached hydrogen (secondary N) is 1. The molecule has 4 heteroatoms. The maximum atomic E-state index is 8.29. The Kier molecular flexibility index (Phi) is 1.78. The van der Waals surface area contributed by atoms with Gasteiger partial charge in [-0.05, 0) is 6.92 Å². The Morgan fingerprint density at radius 2 is 2.60 bits per heavy atom. The van der Waals surface area contributed by atoms with Crippen LogP contribution in [-0.2, 0) is 0 Å². The van der Waals surface area contributed by atoms with E-state index in [1.54, 1.807) is 6.07 Å². The average molecular weight is 151 g/mol. The first-order valence-electron chi connectivity index (χ1n) is 2.65. The van der Waals surface area contributed by atoms with Gasteiger partial charge in [-0.3, -0.25) is 5.41 Å². The smallest absolute Gasteiger partial charge is 0.168 e. The van der Waals surface area contributed by atoms with E-state index < -0.39 is 0 Å². The van der Waals surface area contributed by atoms with Gasteiger partial charge in [0.2, 0.25) is 0 Å². The van der Waals surface area contributed by atoms with Crippen molar-refractivity contribution < 1.29 is 0 Å². The van der Waals surface area contributed by atoms with Gasteiger partial charge in [-0.25, -0.2) is 4.98 Å². The molecule has 0 atom stereocenters. The van der Waals surface area contributed by atoms with Crippen molar-refractivity contribution in [1.82, 2.24) is 4.98 Å². The van der Waals surface area contributed by atoms with Crippen molar-refractivity contribution in [3.05, 3.63) is 16.1 Å². The predicted molar refractivity (Wildman–Crippen MR) is 39.3 cm³/mol. The van der Waals surface area contributed by atoms with Crippen LogP contribution < -0.4 is 0 Å². The molecule has 10 heavy (non-hydrogen) atoms. The Hall–Kier alpha value is -1.21. The fourth-order valence-electron chi connectivity index (χ4n) is 0.517. The Bertz CT molecular complexity index is 294. The van der Waals surface area contributed by atoms with E-state index in [0.717, 1.165) is 5.69 Å². The first-order valence-corrected chi connectivity index (χ1v) is 3.53. The van der Waals surface area contributed by atoms with Gasteiger partial charge in [-0.1, -0.05) is 0 Å². The van der Waals surface area contributed by atoms with Crippen LogP contribution in [0.15, 0.2) is 5.38 Å². The van der Waals surface area contributed by atoms with Gasteiger partial charge >= 0.3 is 0 Å². The molecule has 0 aliphatic carbocycles. The fraction of sp³-hybridized carbons (Fsp3) is 0.167. The number of nitriles is 1. The molecule has 0 spiro atoms. The van der Waals surface area contributed by atoms with Crippen LogP contribution >= 0.6 is 11.3 Å². The highest BCUT2D eigenvalue weighted by molar-refractivity contribution is 7.12. The Balaban J connectivity index is 2.98. The second-order valence-electron chi connectivity index (χ2n) is 1.78. The van der Waals surface area contributed by atoms with E-state index in [4.69, 9.17) is 10.7 Å². The van der Waals surface area contributed by atoms with Gasteiger partial charge in [-0.15, -0.1) is 11.3 Å². The summed E-state index contributed by atoms with van der Waals surface area (Å²) in [4.78, 5) is 3.95. The number of hydrogen-bond donors (Lipinski definition) is 1. The van der Waals surface area contributed by atoms with E-state index in [2.05, 4.69) is 4.98 Å². The third-order valence-electron chi connectivity index (χ3n) is 0.945. The SMILES string of the molecule is Cc1csc(C(=N)C#N)n1. The van der Waals surface area contributed by atoms with E-state index in [9.17, 15) is 0 Å². The lowest BCUT2D eigenvalue weighted by molar-refractivity contribution is 1.24. The second-order valence-corrected chi connectivity index (χ2v) is 2.64. The zero-order valence-electron chi connectivity index (χ0n) is 5.38. The summed E-state index contributed by atoms with van der Waals surface area (Å²) in [5.41, 5.74) is 0.804. The van der Waals surface area contributed by atoms with Gasteiger partial charge in [0.25, 0.3) is 0 Å².